The number of benzene rings is 1. The van der Waals surface area contributed by atoms with Crippen LogP contribution in [0.4, 0.5) is 0 Å². The van der Waals surface area contributed by atoms with E-state index in [9.17, 15) is 9.59 Å². The van der Waals surface area contributed by atoms with E-state index in [-0.39, 0.29) is 17.4 Å². The third kappa shape index (κ3) is 3.73. The highest BCUT2D eigenvalue weighted by Crippen LogP contribution is 2.38. The molecule has 2 aliphatic heterocycles. The van der Waals surface area contributed by atoms with E-state index in [1.54, 1.807) is 10.9 Å². The molecule has 4 rings (SSSR count). The van der Waals surface area contributed by atoms with E-state index >= 15 is 0 Å². The van der Waals surface area contributed by atoms with Gasteiger partial charge in [0.15, 0.2) is 0 Å². The smallest absolute Gasteiger partial charge is 0.273 e. The van der Waals surface area contributed by atoms with Gasteiger partial charge in [0.1, 0.15) is 5.69 Å². The molecule has 2 amide bonds. The summed E-state index contributed by atoms with van der Waals surface area (Å²) in [6.07, 6.45) is 4.18. The number of halogens is 1. The third-order valence-electron chi connectivity index (χ3n) is 5.67. The molecule has 2 aromatic rings. The van der Waals surface area contributed by atoms with Crippen LogP contribution < -0.4 is 0 Å². The molecule has 5 nitrogen and oxygen atoms in total. The highest BCUT2D eigenvalue weighted by atomic mass is 35.5. The zero-order chi connectivity index (χ0) is 18.9. The molecule has 0 bridgehead atoms. The summed E-state index contributed by atoms with van der Waals surface area (Å²) in [5.74, 6) is 0.116. The summed E-state index contributed by atoms with van der Waals surface area (Å²) in [7, 11) is 0. The Bertz CT molecular complexity index is 824. The molecule has 0 aliphatic carbocycles. The lowest BCUT2D eigenvalue weighted by atomic mass is 9.86. The van der Waals surface area contributed by atoms with Crippen LogP contribution in [0.15, 0.2) is 35.2 Å². The molecule has 2 fully saturated rings. The van der Waals surface area contributed by atoms with Crippen LogP contribution in [-0.2, 0) is 11.2 Å². The van der Waals surface area contributed by atoms with Crippen LogP contribution in [0.5, 0.6) is 0 Å². The summed E-state index contributed by atoms with van der Waals surface area (Å²) in [6.45, 7) is 2.12. The number of thiazole rings is 1. The van der Waals surface area contributed by atoms with Gasteiger partial charge in [0, 0.05) is 30.0 Å². The van der Waals surface area contributed by atoms with Crippen LogP contribution in [0, 0.1) is 0 Å². The van der Waals surface area contributed by atoms with Gasteiger partial charge < -0.3 is 9.80 Å². The van der Waals surface area contributed by atoms with Gasteiger partial charge in [-0.25, -0.2) is 4.98 Å². The molecule has 2 aliphatic rings. The van der Waals surface area contributed by atoms with Crippen molar-refractivity contribution in [1.82, 2.24) is 14.8 Å². The van der Waals surface area contributed by atoms with Gasteiger partial charge in [0.25, 0.3) is 5.91 Å². The minimum atomic E-state index is -0.241. The lowest BCUT2D eigenvalue weighted by molar-refractivity contribution is -0.134. The maximum Gasteiger partial charge on any atom is 0.273 e. The number of hydrogen-bond donors (Lipinski definition) is 0. The van der Waals surface area contributed by atoms with Gasteiger partial charge in [-0.2, -0.15) is 0 Å². The molecular weight excluding hydrogens is 382 g/mol. The van der Waals surface area contributed by atoms with Gasteiger partial charge in [-0.3, -0.25) is 9.59 Å². The van der Waals surface area contributed by atoms with Crippen molar-refractivity contribution in [2.45, 2.75) is 37.6 Å². The minimum absolute atomic E-state index is 0.000695. The zero-order valence-corrected chi connectivity index (χ0v) is 16.6. The average Bonchev–Trinajstić information content (AvgIpc) is 3.34. The van der Waals surface area contributed by atoms with Crippen molar-refractivity contribution in [2.24, 2.45) is 0 Å². The normalized spacial score (nSPS) is 22.4. The van der Waals surface area contributed by atoms with Crippen LogP contribution in [0.3, 0.4) is 0 Å². The highest BCUT2D eigenvalue weighted by molar-refractivity contribution is 7.07. The van der Waals surface area contributed by atoms with Crippen molar-refractivity contribution in [1.29, 1.82) is 0 Å². The zero-order valence-electron chi connectivity index (χ0n) is 15.1. The Hall–Kier alpha value is -1.92. The maximum absolute atomic E-state index is 12.9. The fourth-order valence-corrected chi connectivity index (χ4v) is 5.00. The summed E-state index contributed by atoms with van der Waals surface area (Å²) in [5.41, 5.74) is 2.93. The topological polar surface area (TPSA) is 53.5 Å². The van der Waals surface area contributed by atoms with Gasteiger partial charge in [-0.05, 0) is 43.4 Å². The Labute approximate surface area is 167 Å². The molecule has 1 unspecified atom stereocenters. The lowest BCUT2D eigenvalue weighted by Crippen LogP contribution is -2.58. The molecule has 1 spiro atoms. The van der Waals surface area contributed by atoms with Gasteiger partial charge >= 0.3 is 0 Å². The minimum Gasteiger partial charge on any atom is -0.340 e. The van der Waals surface area contributed by atoms with Crippen molar-refractivity contribution in [2.75, 3.05) is 19.6 Å². The number of carbonyl (C=O) groups is 2. The largest absolute Gasteiger partial charge is 0.340 e. The summed E-state index contributed by atoms with van der Waals surface area (Å²) in [6, 6.07) is 7.42. The number of carbonyl (C=O) groups excluding carboxylic acids is 2. The first-order chi connectivity index (χ1) is 13.1. The number of amides is 2. The van der Waals surface area contributed by atoms with E-state index in [1.165, 1.54) is 11.3 Å². The molecule has 3 heterocycles. The standard InChI is InChI=1S/C20H22ClN3O2S/c21-16-5-3-15(4-6-16)11-18(25)23-9-1-7-20(13-23)8-2-10-24(20)19(26)17-12-27-14-22-17/h3-6,12,14H,1-2,7-11,13H2. The first kappa shape index (κ1) is 18.4. The summed E-state index contributed by atoms with van der Waals surface area (Å²) in [4.78, 5) is 33.9. The quantitative estimate of drug-likeness (QED) is 0.786. The van der Waals surface area contributed by atoms with Crippen LogP contribution in [0.1, 0.15) is 41.7 Å². The molecule has 1 aromatic carbocycles. The predicted molar refractivity (Wildman–Crippen MR) is 106 cm³/mol. The maximum atomic E-state index is 12.9. The molecule has 1 aromatic heterocycles. The molecule has 2 saturated heterocycles. The van der Waals surface area contributed by atoms with Gasteiger partial charge in [-0.15, -0.1) is 11.3 Å². The van der Waals surface area contributed by atoms with Crippen molar-refractivity contribution in [3.8, 4) is 0 Å². The van der Waals surface area contributed by atoms with Crippen LogP contribution in [0.25, 0.3) is 0 Å². The van der Waals surface area contributed by atoms with E-state index in [0.29, 0.717) is 23.7 Å². The fourth-order valence-electron chi connectivity index (χ4n) is 4.35. The molecule has 0 saturated carbocycles. The molecule has 0 radical (unpaired) electrons. The molecule has 142 valence electrons. The SMILES string of the molecule is O=C(Cc1ccc(Cl)cc1)N1CCCC2(CCCN2C(=O)c2cscn2)C1. The van der Waals surface area contributed by atoms with Gasteiger partial charge in [-0.1, -0.05) is 23.7 Å². The molecule has 7 heteroatoms. The predicted octanol–water partition coefficient (Wildman–Crippen LogP) is 3.64. The van der Waals surface area contributed by atoms with Crippen molar-refractivity contribution < 1.29 is 9.59 Å². The van der Waals surface area contributed by atoms with Crippen molar-refractivity contribution in [3.63, 3.8) is 0 Å². The second-order valence-electron chi connectivity index (χ2n) is 7.38. The highest BCUT2D eigenvalue weighted by Gasteiger charge is 2.47. The van der Waals surface area contributed by atoms with Crippen LogP contribution in [-0.4, -0.2) is 51.8 Å². The Morgan fingerprint density at radius 3 is 2.59 bits per heavy atom. The number of rotatable bonds is 3. The van der Waals surface area contributed by atoms with Crippen LogP contribution in [0.2, 0.25) is 5.02 Å². The first-order valence-electron chi connectivity index (χ1n) is 9.30. The van der Waals surface area contributed by atoms with Crippen molar-refractivity contribution in [3.05, 3.63) is 51.4 Å². The monoisotopic (exact) mass is 403 g/mol. The lowest BCUT2D eigenvalue weighted by Gasteiger charge is -2.45. The number of hydrogen-bond acceptors (Lipinski definition) is 4. The number of piperidine rings is 1. The number of nitrogens with zero attached hydrogens (tertiary/aromatic N) is 3. The van der Waals surface area contributed by atoms with Crippen molar-refractivity contribution >= 4 is 34.8 Å². The number of aromatic nitrogens is 1. The molecule has 27 heavy (non-hydrogen) atoms. The third-order valence-corrected chi connectivity index (χ3v) is 6.51. The van der Waals surface area contributed by atoms with E-state index in [1.807, 2.05) is 34.1 Å². The van der Waals surface area contributed by atoms with Gasteiger partial charge in [0.05, 0.1) is 17.5 Å². The Morgan fingerprint density at radius 2 is 1.89 bits per heavy atom. The molecular formula is C20H22ClN3O2S. The Morgan fingerprint density at radius 1 is 1.15 bits per heavy atom. The number of likely N-dealkylation sites (tertiary alicyclic amines) is 2. The average molecular weight is 404 g/mol. The summed E-state index contributed by atoms with van der Waals surface area (Å²) >= 11 is 7.37. The van der Waals surface area contributed by atoms with E-state index < -0.39 is 0 Å². The second-order valence-corrected chi connectivity index (χ2v) is 8.54. The Balaban J connectivity index is 1.48. The molecule has 1 atom stereocenters. The van der Waals surface area contributed by atoms with E-state index in [4.69, 9.17) is 11.6 Å². The summed E-state index contributed by atoms with van der Waals surface area (Å²) < 4.78 is 0. The van der Waals surface area contributed by atoms with E-state index in [2.05, 4.69) is 4.98 Å². The fraction of sp³-hybridized carbons (Fsp3) is 0.450. The molecule has 0 N–H and O–H groups in total. The van der Waals surface area contributed by atoms with E-state index in [0.717, 1.165) is 44.3 Å². The second kappa shape index (κ2) is 7.60. The van der Waals surface area contributed by atoms with Crippen LogP contribution >= 0.6 is 22.9 Å². The first-order valence-corrected chi connectivity index (χ1v) is 10.6. The Kier molecular flexibility index (Phi) is 5.19. The van der Waals surface area contributed by atoms with Gasteiger partial charge in [0.2, 0.25) is 5.91 Å². The summed E-state index contributed by atoms with van der Waals surface area (Å²) in [5, 5.41) is 2.48.